The number of carbonyl (C=O) groups is 3. The highest BCUT2D eigenvalue weighted by atomic mass is 35.5. The molecule has 0 saturated heterocycles. The van der Waals surface area contributed by atoms with Gasteiger partial charge in [0.05, 0.1) is 27.9 Å². The van der Waals surface area contributed by atoms with Gasteiger partial charge in [-0.05, 0) is 61.1 Å². The molecule has 2 bridgehead atoms. The van der Waals surface area contributed by atoms with E-state index in [0.29, 0.717) is 18.6 Å². The fourth-order valence-corrected chi connectivity index (χ4v) is 8.88. The number of fused-ring (bicyclic) bond motifs is 2. The Hall–Kier alpha value is -3.36. The van der Waals surface area contributed by atoms with E-state index in [2.05, 4.69) is 20.7 Å². The van der Waals surface area contributed by atoms with Crippen LogP contribution in [0, 0.1) is 41.1 Å². The highest BCUT2D eigenvalue weighted by Crippen LogP contribution is 2.54. The van der Waals surface area contributed by atoms with Crippen LogP contribution in [0.15, 0.2) is 35.2 Å². The summed E-state index contributed by atoms with van der Waals surface area (Å²) in [6.07, 6.45) is -0.149. The molecule has 0 aliphatic heterocycles. The quantitative estimate of drug-likeness (QED) is 0.287. The number of anilines is 1. The van der Waals surface area contributed by atoms with Crippen LogP contribution in [0.3, 0.4) is 0 Å². The third kappa shape index (κ3) is 6.92. The van der Waals surface area contributed by atoms with Crippen LogP contribution < -0.4 is 16.0 Å². The number of sulfone groups is 1. The first-order chi connectivity index (χ1) is 21.0. The molecule has 6 atom stereocenters. The van der Waals surface area contributed by atoms with Gasteiger partial charge >= 0.3 is 6.09 Å². The van der Waals surface area contributed by atoms with Crippen LogP contribution in [0.4, 0.5) is 23.7 Å². The molecule has 0 radical (unpaired) electrons. The summed E-state index contributed by atoms with van der Waals surface area (Å²) in [6.45, 7) is 5.23. The van der Waals surface area contributed by atoms with E-state index in [-0.39, 0.29) is 52.4 Å². The molecule has 2 aromatic carbocycles. The molecule has 45 heavy (non-hydrogen) atoms. The maximum absolute atomic E-state index is 13.9. The molecule has 2 saturated carbocycles. The van der Waals surface area contributed by atoms with Crippen molar-refractivity contribution in [3.63, 3.8) is 0 Å². The summed E-state index contributed by atoms with van der Waals surface area (Å²) < 4.78 is 72.9. The average molecular weight is 674 g/mol. The van der Waals surface area contributed by atoms with Crippen molar-refractivity contribution in [1.29, 1.82) is 0 Å². The zero-order chi connectivity index (χ0) is 33.4. The predicted octanol–water partition coefficient (Wildman–Crippen LogP) is 4.45. The molecule has 3 unspecified atom stereocenters. The zero-order valence-corrected chi connectivity index (χ0v) is 26.6. The first-order valence-electron chi connectivity index (χ1n) is 14.3. The van der Waals surface area contributed by atoms with Gasteiger partial charge in [-0.15, -0.1) is 0 Å². The van der Waals surface area contributed by atoms with Gasteiger partial charge in [-0.1, -0.05) is 32.4 Å². The van der Waals surface area contributed by atoms with E-state index in [1.165, 1.54) is 19.2 Å². The molecule has 2 fully saturated rings. The highest BCUT2D eigenvalue weighted by molar-refractivity contribution is 7.92. The van der Waals surface area contributed by atoms with Crippen LogP contribution >= 0.6 is 11.6 Å². The number of amides is 3. The molecule has 2 aliphatic rings. The molecule has 15 heteroatoms. The van der Waals surface area contributed by atoms with Crippen molar-refractivity contribution in [2.45, 2.75) is 61.8 Å². The Bertz CT molecular complexity index is 1590. The largest absolute Gasteiger partial charge is 0.453 e. The van der Waals surface area contributed by atoms with Crippen LogP contribution in [0.1, 0.15) is 50.4 Å². The van der Waals surface area contributed by atoms with E-state index in [1.54, 1.807) is 13.8 Å². The standard InChI is InChI=1S/C30H35ClF3N3O7S/c1-14(2)26(37-29(40)44-4)28(39)35-13-30(41)17-7-15(3)20(30)12-19(9-17)45(42,43)24-8-16(5-6-21(24)31)27(38)36-18-10-22(32)25(34)23(33)11-18/h5-6,8,10-11,14-15,17,19-20,26,41H,7,9,12-13H2,1-4H3,(H,35,39)(H,36,38)(H,37,40)/t15-,17?,19?,20?,26-,30+/m0/s1. The van der Waals surface area contributed by atoms with Gasteiger partial charge in [0, 0.05) is 29.9 Å². The average Bonchev–Trinajstić information content (AvgIpc) is 3.08. The maximum atomic E-state index is 13.9. The van der Waals surface area contributed by atoms with Gasteiger partial charge in [0.25, 0.3) is 5.91 Å². The summed E-state index contributed by atoms with van der Waals surface area (Å²) in [5, 5.41) is 18.1. The number of aliphatic hydroxyl groups is 1. The molecule has 0 aromatic heterocycles. The molecule has 2 aromatic rings. The van der Waals surface area contributed by atoms with Crippen molar-refractivity contribution in [3.8, 4) is 0 Å². The first kappa shape index (κ1) is 34.5. The summed E-state index contributed by atoms with van der Waals surface area (Å²) in [6, 6.07) is 3.78. The van der Waals surface area contributed by atoms with Gasteiger partial charge in [-0.2, -0.15) is 0 Å². The van der Waals surface area contributed by atoms with E-state index >= 15 is 0 Å². The monoisotopic (exact) mass is 673 g/mol. The van der Waals surface area contributed by atoms with Crippen molar-refractivity contribution < 1.29 is 45.8 Å². The van der Waals surface area contributed by atoms with E-state index < -0.39 is 73.9 Å². The minimum Gasteiger partial charge on any atom is -0.453 e. The number of ether oxygens (including phenoxy) is 1. The van der Waals surface area contributed by atoms with Crippen LogP contribution in [-0.4, -0.2) is 62.0 Å². The molecule has 0 heterocycles. The third-order valence-electron chi connectivity index (χ3n) is 8.89. The SMILES string of the molecule is COC(=O)N[C@H](C(=O)NC[C@@]1(O)C2CC(S(=O)(=O)c3cc(C(=O)Nc4cc(F)c(F)c(F)c4)ccc3Cl)CC1[C@@H](C)C2)C(C)C. The van der Waals surface area contributed by atoms with Crippen molar-refractivity contribution >= 4 is 45.0 Å². The third-order valence-corrected chi connectivity index (χ3v) is 11.5. The van der Waals surface area contributed by atoms with Gasteiger partial charge in [0.15, 0.2) is 27.3 Å². The molecule has 4 N–H and O–H groups in total. The zero-order valence-electron chi connectivity index (χ0n) is 25.0. The van der Waals surface area contributed by atoms with Gasteiger partial charge in [0.1, 0.15) is 6.04 Å². The molecular weight excluding hydrogens is 639 g/mol. The van der Waals surface area contributed by atoms with Crippen LogP contribution in [0.2, 0.25) is 5.02 Å². The number of methoxy groups -OCH3 is 1. The summed E-state index contributed by atoms with van der Waals surface area (Å²) in [7, 11) is -2.98. The normalized spacial score (nSPS) is 25.0. The van der Waals surface area contributed by atoms with E-state index in [9.17, 15) is 41.1 Å². The number of benzene rings is 2. The molecular formula is C30H35ClF3N3O7S. The fraction of sp³-hybridized carbons (Fsp3) is 0.500. The lowest BCUT2D eigenvalue weighted by molar-refractivity contribution is -0.127. The van der Waals surface area contributed by atoms with E-state index in [4.69, 9.17) is 11.6 Å². The van der Waals surface area contributed by atoms with Gasteiger partial charge < -0.3 is 25.8 Å². The van der Waals surface area contributed by atoms with Gasteiger partial charge in [-0.3, -0.25) is 9.59 Å². The maximum Gasteiger partial charge on any atom is 0.407 e. The number of carbonyl (C=O) groups excluding carboxylic acids is 3. The molecule has 0 spiro atoms. The first-order valence-corrected chi connectivity index (χ1v) is 16.3. The van der Waals surface area contributed by atoms with Crippen molar-refractivity contribution in [2.75, 3.05) is 19.0 Å². The van der Waals surface area contributed by atoms with Crippen molar-refractivity contribution in [1.82, 2.24) is 10.6 Å². The Balaban J connectivity index is 1.52. The number of rotatable bonds is 9. The lowest BCUT2D eigenvalue weighted by Gasteiger charge is -2.43. The van der Waals surface area contributed by atoms with E-state index in [0.717, 1.165) is 6.07 Å². The topological polar surface area (TPSA) is 151 Å². The lowest BCUT2D eigenvalue weighted by atomic mass is 9.73. The van der Waals surface area contributed by atoms with Gasteiger partial charge in [-0.25, -0.2) is 26.4 Å². The van der Waals surface area contributed by atoms with Gasteiger partial charge in [0.2, 0.25) is 5.91 Å². The Morgan fingerprint density at radius 1 is 1.09 bits per heavy atom. The van der Waals surface area contributed by atoms with Crippen LogP contribution in [-0.2, 0) is 19.4 Å². The molecule has 4 rings (SSSR count). The molecule has 2 aliphatic carbocycles. The predicted molar refractivity (Wildman–Crippen MR) is 159 cm³/mol. The fourth-order valence-electron chi connectivity index (χ4n) is 6.51. The summed E-state index contributed by atoms with van der Waals surface area (Å²) in [5.41, 5.74) is -1.95. The smallest absolute Gasteiger partial charge is 0.407 e. The second-order valence-electron chi connectivity index (χ2n) is 12.1. The summed E-state index contributed by atoms with van der Waals surface area (Å²) in [4.78, 5) is 37.2. The Morgan fingerprint density at radius 3 is 2.31 bits per heavy atom. The number of hydrogen-bond donors (Lipinski definition) is 4. The van der Waals surface area contributed by atoms with Crippen molar-refractivity contribution in [3.05, 3.63) is 58.4 Å². The number of halogens is 4. The highest BCUT2D eigenvalue weighted by Gasteiger charge is 2.58. The Morgan fingerprint density at radius 2 is 1.73 bits per heavy atom. The van der Waals surface area contributed by atoms with Crippen molar-refractivity contribution in [2.24, 2.45) is 23.7 Å². The summed E-state index contributed by atoms with van der Waals surface area (Å²) in [5.74, 6) is -7.50. The van der Waals surface area contributed by atoms with Crippen LogP contribution in [0.25, 0.3) is 0 Å². The molecule has 3 amide bonds. The molecule has 246 valence electrons. The number of hydrogen-bond acceptors (Lipinski definition) is 7. The minimum absolute atomic E-state index is 0.0568. The number of nitrogens with one attached hydrogen (secondary N) is 3. The Labute approximate surface area is 264 Å². The minimum atomic E-state index is -4.15. The lowest BCUT2D eigenvalue weighted by Crippen LogP contribution is -2.58. The molecule has 10 nitrogen and oxygen atoms in total. The van der Waals surface area contributed by atoms with Crippen LogP contribution in [0.5, 0.6) is 0 Å². The number of alkyl carbamates (subject to hydrolysis) is 1. The summed E-state index contributed by atoms with van der Waals surface area (Å²) >= 11 is 6.30. The Kier molecular flexibility index (Phi) is 10.1. The second kappa shape index (κ2) is 13.2. The van der Waals surface area contributed by atoms with E-state index in [1.807, 2.05) is 6.92 Å². The second-order valence-corrected chi connectivity index (χ2v) is 14.7.